The van der Waals surface area contributed by atoms with Crippen molar-refractivity contribution in [3.8, 4) is 22.9 Å². The maximum absolute atomic E-state index is 6.19. The maximum Gasteiger partial charge on any atom is 0.226 e. The standard InChI is InChI=1S/C23H23N5O2/c1-14-22(27-21-6-4-5-9-28(14)21)19-12-24-15(2)26-23(19)30-13-16-10-18(16)20-8-7-17(29-3)11-25-20/h4-9,11-12,16,18H,10,13H2,1-3H3/t16-,18+/m1/s1. The number of pyridine rings is 2. The summed E-state index contributed by atoms with van der Waals surface area (Å²) >= 11 is 0. The third-order valence-electron chi connectivity index (χ3n) is 5.63. The van der Waals surface area contributed by atoms with Gasteiger partial charge in [0.1, 0.15) is 17.2 Å². The van der Waals surface area contributed by atoms with Crippen molar-refractivity contribution in [2.24, 2.45) is 5.92 Å². The van der Waals surface area contributed by atoms with Crippen LogP contribution in [0.15, 0.2) is 48.9 Å². The Hall–Kier alpha value is -3.48. The molecule has 0 aromatic carbocycles. The van der Waals surface area contributed by atoms with Crippen LogP contribution in [0, 0.1) is 19.8 Å². The van der Waals surface area contributed by atoms with E-state index in [1.807, 2.05) is 56.6 Å². The van der Waals surface area contributed by atoms with E-state index in [0.717, 1.165) is 40.5 Å². The van der Waals surface area contributed by atoms with Crippen molar-refractivity contribution >= 4 is 5.65 Å². The molecule has 0 saturated heterocycles. The minimum atomic E-state index is 0.416. The van der Waals surface area contributed by atoms with Crippen LogP contribution in [-0.4, -0.2) is 38.1 Å². The number of hydrogen-bond donors (Lipinski definition) is 0. The molecule has 4 heterocycles. The zero-order chi connectivity index (χ0) is 20.7. The Balaban J connectivity index is 1.36. The molecule has 0 bridgehead atoms. The summed E-state index contributed by atoms with van der Waals surface area (Å²) in [6.07, 6.45) is 6.64. The highest BCUT2D eigenvalue weighted by atomic mass is 16.5. The predicted molar refractivity (Wildman–Crippen MR) is 113 cm³/mol. The van der Waals surface area contributed by atoms with Gasteiger partial charge in [0.25, 0.3) is 0 Å². The Bertz CT molecular complexity index is 1200. The molecule has 1 aliphatic carbocycles. The number of aromatic nitrogens is 5. The Morgan fingerprint density at radius 2 is 1.97 bits per heavy atom. The fraction of sp³-hybridized carbons (Fsp3) is 0.304. The second kappa shape index (κ2) is 7.40. The SMILES string of the molecule is COc1ccc([C@H]2C[C@@H]2COc2nc(C)ncc2-c2nc3ccccn3c2C)nc1. The normalized spacial score (nSPS) is 17.8. The molecular weight excluding hydrogens is 378 g/mol. The van der Waals surface area contributed by atoms with Gasteiger partial charge in [-0.1, -0.05) is 6.07 Å². The lowest BCUT2D eigenvalue weighted by atomic mass is 10.2. The summed E-state index contributed by atoms with van der Waals surface area (Å²) in [7, 11) is 1.65. The van der Waals surface area contributed by atoms with Crippen molar-refractivity contribution in [3.63, 3.8) is 0 Å². The van der Waals surface area contributed by atoms with Gasteiger partial charge in [-0.3, -0.25) is 4.98 Å². The van der Waals surface area contributed by atoms with E-state index in [4.69, 9.17) is 14.5 Å². The van der Waals surface area contributed by atoms with Gasteiger partial charge in [-0.15, -0.1) is 0 Å². The topological polar surface area (TPSA) is 74.4 Å². The van der Waals surface area contributed by atoms with Crippen LogP contribution in [0.3, 0.4) is 0 Å². The van der Waals surface area contributed by atoms with E-state index in [9.17, 15) is 0 Å². The first-order valence-corrected chi connectivity index (χ1v) is 10.0. The van der Waals surface area contributed by atoms with Crippen LogP contribution in [0.25, 0.3) is 16.9 Å². The van der Waals surface area contributed by atoms with Crippen molar-refractivity contribution in [1.29, 1.82) is 0 Å². The quantitative estimate of drug-likeness (QED) is 0.486. The summed E-state index contributed by atoms with van der Waals surface area (Å²) in [4.78, 5) is 18.2. The van der Waals surface area contributed by atoms with E-state index in [1.165, 1.54) is 0 Å². The molecule has 0 N–H and O–H groups in total. The van der Waals surface area contributed by atoms with Crippen LogP contribution in [0.5, 0.6) is 11.6 Å². The smallest absolute Gasteiger partial charge is 0.226 e. The lowest BCUT2D eigenvalue weighted by molar-refractivity contribution is 0.285. The number of rotatable bonds is 6. The van der Waals surface area contributed by atoms with E-state index in [0.29, 0.717) is 30.1 Å². The molecule has 0 amide bonds. The lowest BCUT2D eigenvalue weighted by Crippen LogP contribution is -2.06. The zero-order valence-electron chi connectivity index (χ0n) is 17.2. The number of imidazole rings is 1. The van der Waals surface area contributed by atoms with E-state index in [1.54, 1.807) is 13.3 Å². The molecule has 30 heavy (non-hydrogen) atoms. The molecule has 1 aliphatic rings. The van der Waals surface area contributed by atoms with Crippen molar-refractivity contribution in [2.75, 3.05) is 13.7 Å². The van der Waals surface area contributed by atoms with Crippen molar-refractivity contribution in [3.05, 3.63) is 66.1 Å². The maximum atomic E-state index is 6.19. The molecule has 7 heteroatoms. The number of fused-ring (bicyclic) bond motifs is 1. The van der Waals surface area contributed by atoms with Gasteiger partial charge in [-0.25, -0.2) is 9.97 Å². The highest BCUT2D eigenvalue weighted by Crippen LogP contribution is 2.47. The van der Waals surface area contributed by atoms with Gasteiger partial charge in [0.05, 0.1) is 31.2 Å². The van der Waals surface area contributed by atoms with Crippen molar-refractivity contribution in [1.82, 2.24) is 24.3 Å². The molecule has 152 valence electrons. The second-order valence-electron chi connectivity index (χ2n) is 7.65. The van der Waals surface area contributed by atoms with E-state index in [-0.39, 0.29) is 0 Å². The minimum Gasteiger partial charge on any atom is -0.495 e. The number of nitrogens with zero attached hydrogens (tertiary/aromatic N) is 5. The summed E-state index contributed by atoms with van der Waals surface area (Å²) in [5.41, 5.74) is 4.68. The lowest BCUT2D eigenvalue weighted by Gasteiger charge is -2.10. The summed E-state index contributed by atoms with van der Waals surface area (Å²) in [5, 5.41) is 0. The van der Waals surface area contributed by atoms with Crippen LogP contribution >= 0.6 is 0 Å². The van der Waals surface area contributed by atoms with E-state index in [2.05, 4.69) is 19.4 Å². The fourth-order valence-electron chi connectivity index (χ4n) is 3.81. The zero-order valence-corrected chi connectivity index (χ0v) is 17.2. The number of hydrogen-bond acceptors (Lipinski definition) is 6. The molecule has 1 saturated carbocycles. The van der Waals surface area contributed by atoms with Crippen molar-refractivity contribution < 1.29 is 9.47 Å². The van der Waals surface area contributed by atoms with Gasteiger partial charge in [-0.2, -0.15) is 4.98 Å². The summed E-state index contributed by atoms with van der Waals surface area (Å²) in [6, 6.07) is 9.95. The average molecular weight is 401 g/mol. The molecule has 1 fully saturated rings. The summed E-state index contributed by atoms with van der Waals surface area (Å²) in [6.45, 7) is 4.51. The molecule has 5 rings (SSSR count). The van der Waals surface area contributed by atoms with E-state index >= 15 is 0 Å². The number of methoxy groups -OCH3 is 1. The molecular formula is C23H23N5O2. The molecule has 7 nitrogen and oxygen atoms in total. The highest BCUT2D eigenvalue weighted by Gasteiger charge is 2.40. The first-order chi connectivity index (χ1) is 14.6. The van der Waals surface area contributed by atoms with Gasteiger partial charge in [0.2, 0.25) is 5.88 Å². The summed E-state index contributed by atoms with van der Waals surface area (Å²) in [5.74, 6) is 2.88. The Morgan fingerprint density at radius 3 is 2.73 bits per heavy atom. The first kappa shape index (κ1) is 18.5. The average Bonchev–Trinajstić information content (AvgIpc) is 3.48. The largest absolute Gasteiger partial charge is 0.495 e. The molecule has 0 aliphatic heterocycles. The summed E-state index contributed by atoms with van der Waals surface area (Å²) < 4.78 is 13.4. The van der Waals surface area contributed by atoms with Crippen LogP contribution in [0.4, 0.5) is 0 Å². The molecule has 4 aromatic rings. The molecule has 0 unspecified atom stereocenters. The van der Waals surface area contributed by atoms with Gasteiger partial charge in [-0.05, 0) is 44.5 Å². The first-order valence-electron chi connectivity index (χ1n) is 10.0. The van der Waals surface area contributed by atoms with Gasteiger partial charge in [0, 0.05) is 35.6 Å². The van der Waals surface area contributed by atoms with Crippen LogP contribution in [0.2, 0.25) is 0 Å². The van der Waals surface area contributed by atoms with Gasteiger partial charge in [0.15, 0.2) is 0 Å². The monoisotopic (exact) mass is 401 g/mol. The third kappa shape index (κ3) is 3.36. The van der Waals surface area contributed by atoms with Gasteiger partial charge < -0.3 is 13.9 Å². The second-order valence-corrected chi connectivity index (χ2v) is 7.65. The van der Waals surface area contributed by atoms with Gasteiger partial charge >= 0.3 is 0 Å². The van der Waals surface area contributed by atoms with Crippen LogP contribution in [-0.2, 0) is 0 Å². The number of ether oxygens (including phenoxy) is 2. The molecule has 4 aromatic heterocycles. The molecule has 2 atom stereocenters. The van der Waals surface area contributed by atoms with Crippen LogP contribution in [0.1, 0.15) is 29.6 Å². The Morgan fingerprint density at radius 1 is 1.07 bits per heavy atom. The fourth-order valence-corrected chi connectivity index (χ4v) is 3.81. The highest BCUT2D eigenvalue weighted by molar-refractivity contribution is 5.69. The Kier molecular flexibility index (Phi) is 4.58. The minimum absolute atomic E-state index is 0.416. The number of aryl methyl sites for hydroxylation is 2. The van der Waals surface area contributed by atoms with E-state index < -0.39 is 0 Å². The third-order valence-corrected chi connectivity index (χ3v) is 5.63. The van der Waals surface area contributed by atoms with Crippen molar-refractivity contribution in [2.45, 2.75) is 26.2 Å². The molecule has 0 radical (unpaired) electrons. The molecule has 0 spiro atoms. The Labute approximate surface area is 174 Å². The van der Waals surface area contributed by atoms with Crippen LogP contribution < -0.4 is 9.47 Å². The predicted octanol–water partition coefficient (Wildman–Crippen LogP) is 3.99.